The first kappa shape index (κ1) is 6.93. The van der Waals surface area contributed by atoms with Crippen molar-refractivity contribution in [3.05, 3.63) is 0 Å². The van der Waals surface area contributed by atoms with Gasteiger partial charge in [-0.25, -0.2) is 8.78 Å². The van der Waals surface area contributed by atoms with Crippen LogP contribution in [-0.2, 0) is 0 Å². The van der Waals surface area contributed by atoms with E-state index < -0.39 is 17.9 Å². The summed E-state index contributed by atoms with van der Waals surface area (Å²) in [7, 11) is 0. The van der Waals surface area contributed by atoms with Crippen LogP contribution in [0.3, 0.4) is 0 Å². The lowest BCUT2D eigenvalue weighted by atomic mass is 10.0. The maximum absolute atomic E-state index is 12.0. The second kappa shape index (κ2) is 1.90. The molecular weight excluding hydrogens is 126 g/mol. The Kier molecular flexibility index (Phi) is 1.47. The Morgan fingerprint density at radius 1 is 1.44 bits per heavy atom. The van der Waals surface area contributed by atoms with E-state index in [0.29, 0.717) is 12.8 Å². The third-order valence-corrected chi connectivity index (χ3v) is 2.09. The molecule has 0 bridgehead atoms. The van der Waals surface area contributed by atoms with Gasteiger partial charge in [0.1, 0.15) is 0 Å². The summed E-state index contributed by atoms with van der Waals surface area (Å²) >= 11 is 0. The van der Waals surface area contributed by atoms with Crippen molar-refractivity contribution in [2.24, 2.45) is 5.41 Å². The number of halogens is 2. The van der Waals surface area contributed by atoms with Gasteiger partial charge in [0.05, 0.1) is 11.5 Å². The van der Waals surface area contributed by atoms with E-state index in [1.165, 1.54) is 6.92 Å². The normalized spacial score (nSPS) is 26.3. The highest BCUT2D eigenvalue weighted by atomic mass is 19.3. The minimum absolute atomic E-state index is 0.475. The van der Waals surface area contributed by atoms with E-state index in [4.69, 9.17) is 5.11 Å². The van der Waals surface area contributed by atoms with Gasteiger partial charge in [0.25, 0.3) is 0 Å². The smallest absolute Gasteiger partial charge is 0.246 e. The number of hydrogen-bond donors (Lipinski definition) is 1. The summed E-state index contributed by atoms with van der Waals surface area (Å²) in [6.45, 7) is 1.43. The van der Waals surface area contributed by atoms with Gasteiger partial charge in [-0.1, -0.05) is 0 Å². The highest BCUT2D eigenvalue weighted by molar-refractivity contribution is 4.99. The van der Waals surface area contributed by atoms with Crippen LogP contribution in [0.25, 0.3) is 0 Å². The van der Waals surface area contributed by atoms with Crippen molar-refractivity contribution in [1.82, 2.24) is 0 Å². The summed E-state index contributed by atoms with van der Waals surface area (Å²) in [5.74, 6) is 0. The number of alkyl halides is 2. The van der Waals surface area contributed by atoms with Crippen LogP contribution in [0, 0.1) is 5.41 Å². The van der Waals surface area contributed by atoms with E-state index in [2.05, 4.69) is 0 Å². The molecule has 0 unspecified atom stereocenters. The number of rotatable bonds is 2. The maximum Gasteiger partial charge on any atom is 0.246 e. The van der Waals surface area contributed by atoms with Gasteiger partial charge in [-0.05, 0) is 19.8 Å². The largest absolute Gasteiger partial charge is 0.393 e. The van der Waals surface area contributed by atoms with E-state index >= 15 is 0 Å². The fraction of sp³-hybridized carbons (Fsp3) is 1.00. The summed E-state index contributed by atoms with van der Waals surface area (Å²) < 4.78 is 23.9. The lowest BCUT2D eigenvalue weighted by Crippen LogP contribution is -2.25. The number of aliphatic hydroxyl groups is 1. The van der Waals surface area contributed by atoms with Crippen molar-refractivity contribution in [2.75, 3.05) is 0 Å². The second-order valence-corrected chi connectivity index (χ2v) is 2.71. The van der Waals surface area contributed by atoms with Gasteiger partial charge < -0.3 is 5.11 Å². The zero-order valence-corrected chi connectivity index (χ0v) is 5.27. The summed E-state index contributed by atoms with van der Waals surface area (Å²) in [5.41, 5.74) is -1.03. The maximum atomic E-state index is 12.0. The number of aliphatic hydroxyl groups excluding tert-OH is 1. The molecule has 0 saturated heterocycles. The fourth-order valence-corrected chi connectivity index (χ4v) is 0.963. The molecule has 1 N–H and O–H groups in total. The van der Waals surface area contributed by atoms with Gasteiger partial charge in [-0.3, -0.25) is 0 Å². The van der Waals surface area contributed by atoms with E-state index in [0.717, 1.165) is 0 Å². The standard InChI is InChI=1S/C6H10F2O/c1-4(9)6(2-3-6)5(7)8/h4-5,9H,2-3H2,1H3/t4-/m0/s1. The Morgan fingerprint density at radius 2 is 1.89 bits per heavy atom. The van der Waals surface area contributed by atoms with E-state index in [9.17, 15) is 8.78 Å². The minimum atomic E-state index is -2.35. The predicted molar refractivity (Wildman–Crippen MR) is 29.4 cm³/mol. The molecule has 1 saturated carbocycles. The van der Waals surface area contributed by atoms with Crippen molar-refractivity contribution in [1.29, 1.82) is 0 Å². The summed E-state index contributed by atoms with van der Waals surface area (Å²) in [6, 6.07) is 0. The quantitative estimate of drug-likeness (QED) is 0.608. The lowest BCUT2D eigenvalue weighted by molar-refractivity contribution is -0.0173. The molecule has 0 heterocycles. The topological polar surface area (TPSA) is 20.2 Å². The Bertz CT molecular complexity index is 97.6. The summed E-state index contributed by atoms with van der Waals surface area (Å²) in [6.07, 6.45) is -2.25. The Morgan fingerprint density at radius 3 is 1.89 bits per heavy atom. The van der Waals surface area contributed by atoms with Crippen molar-refractivity contribution >= 4 is 0 Å². The fourth-order valence-electron chi connectivity index (χ4n) is 0.963. The molecule has 9 heavy (non-hydrogen) atoms. The van der Waals surface area contributed by atoms with Gasteiger partial charge >= 0.3 is 0 Å². The molecular formula is C6H10F2O. The van der Waals surface area contributed by atoms with Gasteiger partial charge in [0.15, 0.2) is 0 Å². The minimum Gasteiger partial charge on any atom is -0.393 e. The van der Waals surface area contributed by atoms with Gasteiger partial charge in [0, 0.05) is 0 Å². The lowest BCUT2D eigenvalue weighted by Gasteiger charge is -2.16. The van der Waals surface area contributed by atoms with Crippen LogP contribution in [0.15, 0.2) is 0 Å². The zero-order valence-electron chi connectivity index (χ0n) is 5.27. The van der Waals surface area contributed by atoms with Crippen LogP contribution in [0.2, 0.25) is 0 Å². The Balaban J connectivity index is 2.52. The molecule has 1 atom stereocenters. The van der Waals surface area contributed by atoms with Crippen molar-refractivity contribution in [3.63, 3.8) is 0 Å². The van der Waals surface area contributed by atoms with Crippen LogP contribution in [0.4, 0.5) is 8.78 Å². The molecule has 0 aromatic rings. The van der Waals surface area contributed by atoms with Crippen molar-refractivity contribution in [2.45, 2.75) is 32.3 Å². The second-order valence-electron chi connectivity index (χ2n) is 2.71. The molecule has 0 aromatic carbocycles. The molecule has 3 heteroatoms. The summed E-state index contributed by atoms with van der Waals surface area (Å²) in [4.78, 5) is 0. The third kappa shape index (κ3) is 0.936. The third-order valence-electron chi connectivity index (χ3n) is 2.09. The van der Waals surface area contributed by atoms with Crippen molar-refractivity contribution < 1.29 is 13.9 Å². The summed E-state index contributed by atoms with van der Waals surface area (Å²) in [5, 5.41) is 8.83. The molecule has 0 spiro atoms. The van der Waals surface area contributed by atoms with E-state index in [1.807, 2.05) is 0 Å². The van der Waals surface area contributed by atoms with E-state index in [-0.39, 0.29) is 0 Å². The molecule has 1 aliphatic carbocycles. The monoisotopic (exact) mass is 136 g/mol. The average molecular weight is 136 g/mol. The van der Waals surface area contributed by atoms with E-state index in [1.54, 1.807) is 0 Å². The van der Waals surface area contributed by atoms with Gasteiger partial charge in [-0.2, -0.15) is 0 Å². The Hall–Kier alpha value is -0.180. The highest BCUT2D eigenvalue weighted by Gasteiger charge is 2.54. The van der Waals surface area contributed by atoms with Crippen LogP contribution < -0.4 is 0 Å². The molecule has 1 nitrogen and oxygen atoms in total. The first-order chi connectivity index (χ1) is 4.09. The molecule has 1 rings (SSSR count). The highest BCUT2D eigenvalue weighted by Crippen LogP contribution is 2.53. The van der Waals surface area contributed by atoms with Gasteiger partial charge in [-0.15, -0.1) is 0 Å². The molecule has 0 aromatic heterocycles. The molecule has 0 radical (unpaired) electrons. The van der Waals surface area contributed by atoms with Gasteiger partial charge in [0.2, 0.25) is 6.43 Å². The first-order valence-electron chi connectivity index (χ1n) is 3.06. The van der Waals surface area contributed by atoms with Crippen LogP contribution in [-0.4, -0.2) is 17.6 Å². The first-order valence-corrected chi connectivity index (χ1v) is 3.06. The Labute approximate surface area is 52.7 Å². The molecule has 0 aliphatic heterocycles. The van der Waals surface area contributed by atoms with Crippen LogP contribution in [0.1, 0.15) is 19.8 Å². The average Bonchev–Trinajstić information content (AvgIpc) is 2.40. The van der Waals surface area contributed by atoms with Crippen molar-refractivity contribution in [3.8, 4) is 0 Å². The predicted octanol–water partition coefficient (Wildman–Crippen LogP) is 1.41. The van der Waals surface area contributed by atoms with Crippen LogP contribution >= 0.6 is 0 Å². The molecule has 1 aliphatic rings. The molecule has 0 amide bonds. The number of hydrogen-bond acceptors (Lipinski definition) is 1. The SMILES string of the molecule is C[C@H](O)C1(C(F)F)CC1. The van der Waals surface area contributed by atoms with Crippen LogP contribution in [0.5, 0.6) is 0 Å². The molecule has 1 fully saturated rings. The molecule has 54 valence electrons. The zero-order chi connectivity index (χ0) is 7.07.